The maximum atomic E-state index is 13.5. The van der Waals surface area contributed by atoms with Gasteiger partial charge in [-0.2, -0.15) is 0 Å². The second-order valence-electron chi connectivity index (χ2n) is 8.72. The summed E-state index contributed by atoms with van der Waals surface area (Å²) >= 11 is 0. The Morgan fingerprint density at radius 2 is 1.61 bits per heavy atom. The minimum atomic E-state index is -0.442. The average molecular weight is 414 g/mol. The van der Waals surface area contributed by atoms with Crippen LogP contribution in [0.4, 0.5) is 5.69 Å². The van der Waals surface area contributed by atoms with Crippen LogP contribution in [0.2, 0.25) is 0 Å². The first-order valence-corrected chi connectivity index (χ1v) is 11.2. The van der Waals surface area contributed by atoms with E-state index in [0.717, 1.165) is 53.8 Å². The number of nitrogens with one attached hydrogen (secondary N) is 1. The second-order valence-corrected chi connectivity index (χ2v) is 8.72. The summed E-state index contributed by atoms with van der Waals surface area (Å²) in [7, 11) is 0. The summed E-state index contributed by atoms with van der Waals surface area (Å²) in [6, 6.07) is 24.5. The highest BCUT2D eigenvalue weighted by molar-refractivity contribution is 5.99. The third-order valence-corrected chi connectivity index (χ3v) is 6.42. The lowest BCUT2D eigenvalue weighted by atomic mass is 9.68. The van der Waals surface area contributed by atoms with Gasteiger partial charge in [0.15, 0.2) is 0 Å². The monoisotopic (exact) mass is 413 g/mol. The number of hydrogen-bond donors (Lipinski definition) is 1. The molecular formula is C28H31NO2. The number of amides is 1. The molecule has 1 saturated carbocycles. The first-order chi connectivity index (χ1) is 15.1. The second kappa shape index (κ2) is 9.38. The quantitative estimate of drug-likeness (QED) is 0.487. The van der Waals surface area contributed by atoms with Gasteiger partial charge in [-0.05, 0) is 61.6 Å². The van der Waals surface area contributed by atoms with Gasteiger partial charge in [0.2, 0.25) is 5.91 Å². The van der Waals surface area contributed by atoms with E-state index >= 15 is 0 Å². The highest BCUT2D eigenvalue weighted by Crippen LogP contribution is 2.40. The van der Waals surface area contributed by atoms with E-state index in [1.165, 1.54) is 12.0 Å². The van der Waals surface area contributed by atoms with Crippen molar-refractivity contribution in [3.8, 4) is 5.75 Å². The number of anilines is 1. The Morgan fingerprint density at radius 3 is 2.29 bits per heavy atom. The third-order valence-electron chi connectivity index (χ3n) is 6.42. The molecule has 1 N–H and O–H groups in total. The zero-order valence-corrected chi connectivity index (χ0v) is 18.5. The molecule has 0 aromatic heterocycles. The van der Waals surface area contributed by atoms with Gasteiger partial charge in [-0.15, -0.1) is 0 Å². The highest BCUT2D eigenvalue weighted by Gasteiger charge is 2.41. The summed E-state index contributed by atoms with van der Waals surface area (Å²) in [5, 5.41) is 3.21. The van der Waals surface area contributed by atoms with E-state index in [4.69, 9.17) is 4.74 Å². The molecule has 31 heavy (non-hydrogen) atoms. The third kappa shape index (κ3) is 4.82. The molecule has 0 atom stereocenters. The van der Waals surface area contributed by atoms with Gasteiger partial charge in [0.05, 0.1) is 5.41 Å². The van der Waals surface area contributed by atoms with E-state index in [0.29, 0.717) is 6.61 Å². The van der Waals surface area contributed by atoms with Gasteiger partial charge >= 0.3 is 0 Å². The van der Waals surface area contributed by atoms with Gasteiger partial charge in [-0.25, -0.2) is 0 Å². The molecule has 3 aromatic carbocycles. The van der Waals surface area contributed by atoms with Crippen molar-refractivity contribution in [2.24, 2.45) is 0 Å². The van der Waals surface area contributed by atoms with Crippen LogP contribution >= 0.6 is 0 Å². The summed E-state index contributed by atoms with van der Waals surface area (Å²) in [6.07, 6.45) is 5.19. The maximum Gasteiger partial charge on any atom is 0.235 e. The maximum absolute atomic E-state index is 13.5. The molecule has 1 aliphatic rings. The van der Waals surface area contributed by atoms with Gasteiger partial charge in [0.25, 0.3) is 0 Å². The van der Waals surface area contributed by atoms with Crippen LogP contribution in [-0.4, -0.2) is 5.91 Å². The van der Waals surface area contributed by atoms with Crippen LogP contribution in [0.3, 0.4) is 0 Å². The molecule has 160 valence electrons. The molecule has 0 radical (unpaired) electrons. The number of ether oxygens (including phenoxy) is 1. The number of hydrogen-bond acceptors (Lipinski definition) is 2. The lowest BCUT2D eigenvalue weighted by molar-refractivity contribution is -0.122. The van der Waals surface area contributed by atoms with Gasteiger partial charge in [0.1, 0.15) is 12.4 Å². The minimum absolute atomic E-state index is 0.105. The standard InChI is InChI=1S/C28H31NO2/c1-21-11-13-24(14-12-21)28(17-7-4-8-18-28)27(30)29-25-15-16-26(22(2)19-25)31-20-23-9-5-3-6-10-23/h3,5-6,9-16,19H,4,7-8,17-18,20H2,1-2H3,(H,29,30). The fraction of sp³-hybridized carbons (Fsp3) is 0.321. The lowest BCUT2D eigenvalue weighted by Crippen LogP contribution is -2.42. The molecule has 0 spiro atoms. The number of carbonyl (C=O) groups excluding carboxylic acids is 1. The summed E-state index contributed by atoms with van der Waals surface area (Å²) in [5.74, 6) is 0.946. The predicted octanol–water partition coefficient (Wildman–Crippen LogP) is 6.72. The van der Waals surface area contributed by atoms with Crippen LogP contribution in [0.25, 0.3) is 0 Å². The van der Waals surface area contributed by atoms with Crippen molar-refractivity contribution in [2.45, 2.75) is 58.0 Å². The zero-order valence-electron chi connectivity index (χ0n) is 18.5. The number of carbonyl (C=O) groups is 1. The number of benzene rings is 3. The van der Waals surface area contributed by atoms with E-state index in [1.54, 1.807) is 0 Å². The van der Waals surface area contributed by atoms with Crippen LogP contribution in [-0.2, 0) is 16.8 Å². The molecule has 0 aliphatic heterocycles. The normalized spacial score (nSPS) is 15.3. The Bertz CT molecular complexity index is 1020. The molecule has 3 nitrogen and oxygen atoms in total. The Kier molecular flexibility index (Phi) is 6.41. The molecule has 0 unspecified atom stereocenters. The molecule has 1 aliphatic carbocycles. The Labute approximate surface area is 185 Å². The summed E-state index contributed by atoms with van der Waals surface area (Å²) < 4.78 is 5.99. The average Bonchev–Trinajstić information content (AvgIpc) is 2.80. The van der Waals surface area contributed by atoms with Crippen LogP contribution in [0.1, 0.15) is 54.4 Å². The molecule has 3 heteroatoms. The van der Waals surface area contributed by atoms with Gasteiger partial charge in [-0.1, -0.05) is 79.4 Å². The lowest BCUT2D eigenvalue weighted by Gasteiger charge is -2.36. The number of rotatable bonds is 6. The molecule has 4 rings (SSSR count). The highest BCUT2D eigenvalue weighted by atomic mass is 16.5. The van der Waals surface area contributed by atoms with Crippen LogP contribution < -0.4 is 10.1 Å². The molecular weight excluding hydrogens is 382 g/mol. The van der Waals surface area contributed by atoms with Crippen molar-refractivity contribution in [1.82, 2.24) is 0 Å². The predicted molar refractivity (Wildman–Crippen MR) is 127 cm³/mol. The first-order valence-electron chi connectivity index (χ1n) is 11.2. The van der Waals surface area contributed by atoms with Gasteiger partial charge in [0, 0.05) is 5.69 Å². The minimum Gasteiger partial charge on any atom is -0.489 e. The smallest absolute Gasteiger partial charge is 0.235 e. The van der Waals surface area contributed by atoms with Crippen LogP contribution in [0.15, 0.2) is 72.8 Å². The Hall–Kier alpha value is -3.07. The summed E-state index contributed by atoms with van der Waals surface area (Å²) in [4.78, 5) is 13.5. The van der Waals surface area contributed by atoms with Gasteiger partial charge < -0.3 is 10.1 Å². The summed E-state index contributed by atoms with van der Waals surface area (Å²) in [5.41, 5.74) is 4.89. The van der Waals surface area contributed by atoms with E-state index in [-0.39, 0.29) is 5.91 Å². The largest absolute Gasteiger partial charge is 0.489 e. The summed E-state index contributed by atoms with van der Waals surface area (Å²) in [6.45, 7) is 4.64. The molecule has 1 amide bonds. The molecule has 0 heterocycles. The SMILES string of the molecule is Cc1ccc(C2(C(=O)Nc3ccc(OCc4ccccc4)c(C)c3)CCCCC2)cc1. The molecule has 3 aromatic rings. The zero-order chi connectivity index (χ0) is 21.7. The van der Waals surface area contributed by atoms with Crippen molar-refractivity contribution in [3.63, 3.8) is 0 Å². The van der Waals surface area contributed by atoms with Crippen molar-refractivity contribution in [1.29, 1.82) is 0 Å². The van der Waals surface area contributed by atoms with Crippen molar-refractivity contribution >= 4 is 11.6 Å². The Balaban J connectivity index is 1.49. The van der Waals surface area contributed by atoms with E-state index in [2.05, 4.69) is 48.6 Å². The molecule has 0 bridgehead atoms. The van der Waals surface area contributed by atoms with E-state index in [1.807, 2.05) is 43.3 Å². The van der Waals surface area contributed by atoms with Crippen LogP contribution in [0.5, 0.6) is 5.75 Å². The van der Waals surface area contributed by atoms with Crippen LogP contribution in [0, 0.1) is 13.8 Å². The van der Waals surface area contributed by atoms with E-state index in [9.17, 15) is 4.79 Å². The molecule has 0 saturated heterocycles. The van der Waals surface area contributed by atoms with Crippen molar-refractivity contribution in [2.75, 3.05) is 5.32 Å². The van der Waals surface area contributed by atoms with Gasteiger partial charge in [-0.3, -0.25) is 4.79 Å². The fourth-order valence-corrected chi connectivity index (χ4v) is 4.55. The molecule has 1 fully saturated rings. The Morgan fingerprint density at radius 1 is 0.903 bits per heavy atom. The fourth-order valence-electron chi connectivity index (χ4n) is 4.55. The topological polar surface area (TPSA) is 38.3 Å². The number of aryl methyl sites for hydroxylation is 2. The van der Waals surface area contributed by atoms with E-state index < -0.39 is 5.41 Å². The van der Waals surface area contributed by atoms with Crippen molar-refractivity contribution < 1.29 is 9.53 Å². The van der Waals surface area contributed by atoms with Crippen molar-refractivity contribution in [3.05, 3.63) is 95.1 Å². The first kappa shape index (κ1) is 21.2.